The van der Waals surface area contributed by atoms with Crippen molar-refractivity contribution >= 4 is 5.69 Å². The van der Waals surface area contributed by atoms with Crippen LogP contribution in [-0.2, 0) is 6.54 Å². The van der Waals surface area contributed by atoms with Gasteiger partial charge in [0.2, 0.25) is 0 Å². The first-order valence-corrected chi connectivity index (χ1v) is 6.96. The summed E-state index contributed by atoms with van der Waals surface area (Å²) in [4.78, 5) is 2.69. The van der Waals surface area contributed by atoms with E-state index in [9.17, 15) is 0 Å². The van der Waals surface area contributed by atoms with Gasteiger partial charge in [-0.2, -0.15) is 0 Å². The van der Waals surface area contributed by atoms with E-state index in [4.69, 9.17) is 5.73 Å². The molecule has 2 aliphatic carbocycles. The lowest BCUT2D eigenvalue weighted by molar-refractivity contribution is 0.602. The third-order valence-corrected chi connectivity index (χ3v) is 4.13. The van der Waals surface area contributed by atoms with Crippen molar-refractivity contribution in [1.82, 2.24) is 0 Å². The van der Waals surface area contributed by atoms with Crippen molar-refractivity contribution in [3.63, 3.8) is 0 Å². The van der Waals surface area contributed by atoms with Gasteiger partial charge >= 0.3 is 0 Å². The van der Waals surface area contributed by atoms with Crippen molar-refractivity contribution in [1.29, 1.82) is 0 Å². The maximum atomic E-state index is 5.66. The molecule has 0 aromatic heterocycles. The Kier molecular flexibility index (Phi) is 3.06. The van der Waals surface area contributed by atoms with Crippen molar-refractivity contribution < 1.29 is 0 Å². The summed E-state index contributed by atoms with van der Waals surface area (Å²) in [5, 5.41) is 0. The Balaban J connectivity index is 1.81. The lowest BCUT2D eigenvalue weighted by Gasteiger charge is -2.31. The van der Waals surface area contributed by atoms with Gasteiger partial charge in [-0.25, -0.2) is 0 Å². The first-order chi connectivity index (χ1) is 8.38. The highest BCUT2D eigenvalue weighted by molar-refractivity contribution is 5.51. The van der Waals surface area contributed by atoms with E-state index < -0.39 is 0 Å². The van der Waals surface area contributed by atoms with Gasteiger partial charge in [-0.15, -0.1) is 0 Å². The number of nitrogens with zero attached hydrogens (tertiary/aromatic N) is 1. The molecule has 2 aliphatic rings. The van der Waals surface area contributed by atoms with Crippen LogP contribution >= 0.6 is 0 Å². The van der Waals surface area contributed by atoms with Gasteiger partial charge in [-0.1, -0.05) is 25.0 Å². The Bertz CT molecular complexity index is 361. The summed E-state index contributed by atoms with van der Waals surface area (Å²) in [6.07, 6.45) is 8.36. The Labute approximate surface area is 104 Å². The minimum Gasteiger partial charge on any atom is -0.366 e. The molecule has 1 aromatic rings. The highest BCUT2D eigenvalue weighted by Crippen LogP contribution is 2.38. The van der Waals surface area contributed by atoms with E-state index in [2.05, 4.69) is 29.2 Å². The fourth-order valence-corrected chi connectivity index (χ4v) is 3.06. The van der Waals surface area contributed by atoms with Crippen LogP contribution in [0.15, 0.2) is 24.3 Å². The molecule has 2 N–H and O–H groups in total. The van der Waals surface area contributed by atoms with Crippen molar-refractivity contribution in [2.45, 2.75) is 57.2 Å². The molecule has 0 heterocycles. The zero-order valence-electron chi connectivity index (χ0n) is 10.4. The van der Waals surface area contributed by atoms with Crippen molar-refractivity contribution in [2.24, 2.45) is 5.73 Å². The highest BCUT2D eigenvalue weighted by Gasteiger charge is 2.35. The number of benzene rings is 1. The molecular weight excluding hydrogens is 208 g/mol. The van der Waals surface area contributed by atoms with Gasteiger partial charge in [0.15, 0.2) is 0 Å². The van der Waals surface area contributed by atoms with E-state index in [1.165, 1.54) is 49.8 Å². The maximum Gasteiger partial charge on any atom is 0.0371 e. The third-order valence-electron chi connectivity index (χ3n) is 4.13. The Morgan fingerprint density at radius 1 is 0.941 bits per heavy atom. The predicted molar refractivity (Wildman–Crippen MR) is 72.1 cm³/mol. The molecule has 0 radical (unpaired) electrons. The summed E-state index contributed by atoms with van der Waals surface area (Å²) < 4.78 is 0. The number of hydrogen-bond donors (Lipinski definition) is 1. The van der Waals surface area contributed by atoms with E-state index >= 15 is 0 Å². The minimum atomic E-state index is 0.646. The summed E-state index contributed by atoms with van der Waals surface area (Å²) >= 11 is 0. The Morgan fingerprint density at radius 2 is 1.53 bits per heavy atom. The second kappa shape index (κ2) is 4.69. The molecule has 17 heavy (non-hydrogen) atoms. The van der Waals surface area contributed by atoms with Crippen molar-refractivity contribution in [3.8, 4) is 0 Å². The molecule has 0 saturated heterocycles. The summed E-state index contributed by atoms with van der Waals surface area (Å²) in [6, 6.07) is 10.5. The van der Waals surface area contributed by atoms with E-state index in [1.54, 1.807) is 0 Å². The van der Waals surface area contributed by atoms with Gasteiger partial charge in [0, 0.05) is 24.3 Å². The number of rotatable bonds is 4. The number of anilines is 1. The van der Waals surface area contributed by atoms with Crippen LogP contribution in [0.1, 0.15) is 44.1 Å². The third kappa shape index (κ3) is 2.32. The second-order valence-corrected chi connectivity index (χ2v) is 5.45. The van der Waals surface area contributed by atoms with E-state index in [1.807, 2.05) is 0 Å². The van der Waals surface area contributed by atoms with Gasteiger partial charge in [-0.05, 0) is 43.4 Å². The average molecular weight is 230 g/mol. The molecule has 2 fully saturated rings. The van der Waals surface area contributed by atoms with E-state index in [0.717, 1.165) is 12.1 Å². The smallest absolute Gasteiger partial charge is 0.0371 e. The monoisotopic (exact) mass is 230 g/mol. The molecule has 0 spiro atoms. The standard InChI is InChI=1S/C15H22N2/c16-11-12-5-7-14(8-6-12)17(15-9-10-15)13-3-1-2-4-13/h5-8,13,15H,1-4,9-11,16H2. The van der Waals surface area contributed by atoms with E-state index in [0.29, 0.717) is 6.54 Å². The van der Waals surface area contributed by atoms with Gasteiger partial charge in [-0.3, -0.25) is 0 Å². The molecule has 1 aromatic carbocycles. The molecule has 92 valence electrons. The molecule has 0 amide bonds. The molecule has 2 heteroatoms. The summed E-state index contributed by atoms with van der Waals surface area (Å²) in [5.74, 6) is 0. The number of nitrogens with two attached hydrogens (primary N) is 1. The lowest BCUT2D eigenvalue weighted by atomic mass is 10.1. The second-order valence-electron chi connectivity index (χ2n) is 5.45. The van der Waals surface area contributed by atoms with Crippen LogP contribution in [0.25, 0.3) is 0 Å². The van der Waals surface area contributed by atoms with Crippen molar-refractivity contribution in [2.75, 3.05) is 4.90 Å². The predicted octanol–water partition coefficient (Wildman–Crippen LogP) is 3.06. The van der Waals surface area contributed by atoms with Crippen LogP contribution in [0.3, 0.4) is 0 Å². The van der Waals surface area contributed by atoms with Crippen LogP contribution in [-0.4, -0.2) is 12.1 Å². The molecule has 0 aliphatic heterocycles. The lowest BCUT2D eigenvalue weighted by Crippen LogP contribution is -2.35. The quantitative estimate of drug-likeness (QED) is 0.861. The molecule has 0 atom stereocenters. The molecule has 2 saturated carbocycles. The van der Waals surface area contributed by atoms with Crippen LogP contribution in [0, 0.1) is 0 Å². The Hall–Kier alpha value is -1.02. The largest absolute Gasteiger partial charge is 0.366 e. The van der Waals surface area contributed by atoms with Crippen LogP contribution in [0.5, 0.6) is 0 Å². The summed E-state index contributed by atoms with van der Waals surface area (Å²) in [5.41, 5.74) is 8.30. The highest BCUT2D eigenvalue weighted by atomic mass is 15.2. The first-order valence-electron chi connectivity index (χ1n) is 6.96. The van der Waals surface area contributed by atoms with Gasteiger partial charge in [0.1, 0.15) is 0 Å². The number of hydrogen-bond acceptors (Lipinski definition) is 2. The minimum absolute atomic E-state index is 0.646. The summed E-state index contributed by atoms with van der Waals surface area (Å²) in [7, 11) is 0. The fraction of sp³-hybridized carbons (Fsp3) is 0.600. The first kappa shape index (κ1) is 11.1. The summed E-state index contributed by atoms with van der Waals surface area (Å²) in [6.45, 7) is 0.646. The molecule has 2 nitrogen and oxygen atoms in total. The van der Waals surface area contributed by atoms with Gasteiger partial charge in [0.05, 0.1) is 0 Å². The molecule has 3 rings (SSSR count). The molecule has 0 unspecified atom stereocenters. The van der Waals surface area contributed by atoms with Gasteiger partial charge < -0.3 is 10.6 Å². The fourth-order valence-electron chi connectivity index (χ4n) is 3.06. The SMILES string of the molecule is NCc1ccc(N(C2CCCC2)C2CC2)cc1. The van der Waals surface area contributed by atoms with Gasteiger partial charge in [0.25, 0.3) is 0 Å². The van der Waals surface area contributed by atoms with Crippen LogP contribution < -0.4 is 10.6 Å². The normalized spacial score (nSPS) is 20.8. The molecule has 0 bridgehead atoms. The van der Waals surface area contributed by atoms with Crippen LogP contribution in [0.4, 0.5) is 5.69 Å². The van der Waals surface area contributed by atoms with Crippen LogP contribution in [0.2, 0.25) is 0 Å². The van der Waals surface area contributed by atoms with Crippen molar-refractivity contribution in [3.05, 3.63) is 29.8 Å². The molecular formula is C15H22N2. The topological polar surface area (TPSA) is 29.3 Å². The zero-order valence-corrected chi connectivity index (χ0v) is 10.4. The average Bonchev–Trinajstić information content (AvgIpc) is 3.05. The Morgan fingerprint density at radius 3 is 2.06 bits per heavy atom. The zero-order chi connectivity index (χ0) is 11.7. The maximum absolute atomic E-state index is 5.66. The van der Waals surface area contributed by atoms with E-state index in [-0.39, 0.29) is 0 Å².